The van der Waals surface area contributed by atoms with E-state index in [0.29, 0.717) is 22.4 Å². The molecule has 145 heavy (non-hydrogen) atoms. The molecule has 12 heterocycles. The molecule has 11 N–H and O–H groups in total. The maximum absolute atomic E-state index is 12.6. The number of anilines is 3. The predicted octanol–water partition coefficient (Wildman–Crippen LogP) is 32.7. The molecule has 0 unspecified atom stereocenters. The average Bonchev–Trinajstić information content (AvgIpc) is 1.56. The lowest BCUT2D eigenvalue weighted by Crippen LogP contribution is -2.41. The molecule has 1 fully saturated rings. The summed E-state index contributed by atoms with van der Waals surface area (Å²) in [7, 11) is -2.17. The Bertz CT molecular complexity index is 8700. The van der Waals surface area contributed by atoms with Crippen LogP contribution in [0.5, 0.6) is 0 Å². The molecule has 25 rings (SSSR count). The number of H-pyrrole nitrogens is 4. The highest BCUT2D eigenvalue weighted by molar-refractivity contribution is 9.12. The van der Waals surface area contributed by atoms with Crippen molar-refractivity contribution >= 4 is 314 Å². The normalized spacial score (nSPS) is 12.0. The third kappa shape index (κ3) is 24.4. The van der Waals surface area contributed by atoms with Gasteiger partial charge in [0.2, 0.25) is 0 Å². The van der Waals surface area contributed by atoms with Gasteiger partial charge in [0.1, 0.15) is 0 Å². The maximum atomic E-state index is 12.6. The molecule has 1 aliphatic rings. The van der Waals surface area contributed by atoms with Crippen molar-refractivity contribution in [3.63, 3.8) is 0 Å². The number of thiophene rings is 6. The summed E-state index contributed by atoms with van der Waals surface area (Å²) < 4.78 is 22.8. The van der Waals surface area contributed by atoms with Crippen LogP contribution in [0.25, 0.3) is 148 Å². The van der Waals surface area contributed by atoms with E-state index in [-0.39, 0.29) is 53.4 Å². The van der Waals surface area contributed by atoms with Gasteiger partial charge < -0.3 is 56.1 Å². The molecule has 13 aromatic carbocycles. The van der Waals surface area contributed by atoms with E-state index in [1.807, 2.05) is 179 Å². The van der Waals surface area contributed by atoms with E-state index in [0.717, 1.165) is 69.3 Å². The summed E-state index contributed by atoms with van der Waals surface area (Å²) in [4.78, 5) is 65.3. The molecule has 0 saturated carbocycles. The first-order valence-electron chi connectivity index (χ1n) is 44.8. The molecule has 724 valence electrons. The standard InChI is InChI=1S/C23H16N2OS.C23H14N2S.C16H12N2S.C12H18BNO2.C10H6BrNO2S.C10H6BrNS.C7H5ClO.C6H6BNO4.C4H2Br2S.CH4/c26-23(15-8-2-1-3-9-15)25-18-12-6-4-10-16(18)21-14-20-22(27-21)17-11-5-7-13-19(17)24-20;1-2-8-14(9-3-1)20-19-21-23(16-11-5-7-13-18(16)25-21)26-22(19)15-10-4-6-12-17(15)24-20;17-12-7-3-1-5-10(12)15-9-14-16(19-15)11-6-2-4-8-13(11)18-14;1-11(2)12(3,4)16-13(15-11)9-7-5-6-8-10(9)14;11-10-6-5-9(15-10)7-3-1-2-4-8(7)12(13)14;11-9-5-8-10(13-9)6-3-1-2-4-7(6)12-8;8-7(9)6-4-2-1-3-5-6;9-7(10)5-3-1-2-4-6(5)8(11)12;5-3-1-2-4(6)7-3;/h1-14,24H,(H,25,26);1-13,25H;1-9,18H,17H2;5-8H,14H2,1-4H3;1-6H;1-5,12H;1-5H;1-4,9-10H;1-2H;1H4. The van der Waals surface area contributed by atoms with Crippen LogP contribution in [0.4, 0.5) is 28.4 Å². The number of nitro benzene ring substituents is 2. The zero-order chi connectivity index (χ0) is 101. The van der Waals surface area contributed by atoms with Gasteiger partial charge in [0, 0.05) is 136 Å². The smallest absolute Gasteiger partial charge is 0.423 e. The largest absolute Gasteiger partial charge is 0.496 e. The van der Waals surface area contributed by atoms with Crippen molar-refractivity contribution in [2.45, 2.75) is 46.3 Å². The molecule has 0 radical (unpaired) electrons. The molecule has 20 nitrogen and oxygen atoms in total. The summed E-state index contributed by atoms with van der Waals surface area (Å²) >= 11 is 29.0. The molecule has 1 aliphatic heterocycles. The van der Waals surface area contributed by atoms with Crippen molar-refractivity contribution in [1.29, 1.82) is 0 Å². The minimum Gasteiger partial charge on any atom is -0.423 e. The van der Waals surface area contributed by atoms with Crippen molar-refractivity contribution in [3.8, 4) is 42.6 Å². The van der Waals surface area contributed by atoms with Crippen molar-refractivity contribution in [2.75, 3.05) is 16.8 Å². The van der Waals surface area contributed by atoms with E-state index in [1.165, 1.54) is 147 Å². The van der Waals surface area contributed by atoms with E-state index in [2.05, 4.69) is 253 Å². The van der Waals surface area contributed by atoms with Crippen LogP contribution in [0.15, 0.2) is 391 Å². The van der Waals surface area contributed by atoms with E-state index >= 15 is 0 Å². The number of amides is 1. The number of halogens is 5. The Morgan fingerprint density at radius 2 is 0.828 bits per heavy atom. The number of nitrogens with one attached hydrogen (secondary N) is 5. The molecule has 1 saturated heterocycles. The van der Waals surface area contributed by atoms with Gasteiger partial charge in [0.15, 0.2) is 0 Å². The number of nitrogens with two attached hydrogens (primary N) is 2. The minimum atomic E-state index is -1.80. The Balaban J connectivity index is 0.000000120. The number of hydrogen-bond acceptors (Lipinski definition) is 19. The Kier molecular flexibility index (Phi) is 34.0. The lowest BCUT2D eigenvalue weighted by molar-refractivity contribution is -0.384. The second-order valence-corrected chi connectivity index (χ2v) is 45.7. The maximum Gasteiger partial charge on any atom is 0.496 e. The van der Waals surface area contributed by atoms with Crippen molar-refractivity contribution < 1.29 is 38.8 Å². The zero-order valence-electron chi connectivity index (χ0n) is 76.9. The molecule has 33 heteroatoms. The van der Waals surface area contributed by atoms with Crippen LogP contribution in [-0.2, 0) is 9.31 Å². The number of nitrogen functional groups attached to an aromatic ring is 2. The number of para-hydroxylation sites is 10. The molecule has 0 bridgehead atoms. The van der Waals surface area contributed by atoms with Gasteiger partial charge >= 0.3 is 14.2 Å². The molecule has 1 amide bonds. The summed E-state index contributed by atoms with van der Waals surface area (Å²) in [6.45, 7) is 8.14. The number of carbonyl (C=O) groups is 2. The number of aromatic amines is 4. The van der Waals surface area contributed by atoms with Gasteiger partial charge in [-0.05, 0) is 212 Å². The molecular weight excluding hydrogens is 2210 g/mol. The lowest BCUT2D eigenvalue weighted by Gasteiger charge is -2.32. The first-order chi connectivity index (χ1) is 69.6. The van der Waals surface area contributed by atoms with E-state index < -0.39 is 17.3 Å². The molecular formula is C112H89B2Br4ClN10O10S6. The van der Waals surface area contributed by atoms with Gasteiger partial charge in [0.25, 0.3) is 22.5 Å². The summed E-state index contributed by atoms with van der Waals surface area (Å²) in [6, 6.07) is 121. The minimum absolute atomic E-state index is 0. The molecule has 0 aliphatic carbocycles. The number of carbonyl (C=O) groups excluding carboxylic acids is 2. The van der Waals surface area contributed by atoms with Crippen LogP contribution in [0.1, 0.15) is 55.8 Å². The predicted molar refractivity (Wildman–Crippen MR) is 627 cm³/mol. The van der Waals surface area contributed by atoms with Crippen LogP contribution in [0, 0.1) is 20.2 Å². The van der Waals surface area contributed by atoms with Crippen LogP contribution in [0.3, 0.4) is 0 Å². The van der Waals surface area contributed by atoms with Crippen LogP contribution < -0.4 is 27.7 Å². The van der Waals surface area contributed by atoms with E-state index in [1.54, 1.807) is 87.8 Å². The number of rotatable bonds is 11. The van der Waals surface area contributed by atoms with Crippen LogP contribution in [-0.4, -0.2) is 81.4 Å². The van der Waals surface area contributed by atoms with Crippen LogP contribution in [0.2, 0.25) is 0 Å². The van der Waals surface area contributed by atoms with Crippen molar-refractivity contribution in [3.05, 3.63) is 423 Å². The van der Waals surface area contributed by atoms with Gasteiger partial charge in [-0.25, -0.2) is 4.98 Å². The van der Waals surface area contributed by atoms with Crippen molar-refractivity contribution in [2.24, 2.45) is 0 Å². The first-order valence-corrected chi connectivity index (χ1v) is 53.2. The molecule has 0 atom stereocenters. The lowest BCUT2D eigenvalue weighted by atomic mass is 9.78. The van der Waals surface area contributed by atoms with Gasteiger partial charge in [-0.1, -0.05) is 262 Å². The Hall–Kier alpha value is -13.4. The van der Waals surface area contributed by atoms with E-state index in [9.17, 15) is 29.8 Å². The second-order valence-electron chi connectivity index (χ2n) is 33.5. The third-order valence-electron chi connectivity index (χ3n) is 23.6. The summed E-state index contributed by atoms with van der Waals surface area (Å²) in [5.41, 5.74) is 31.1. The summed E-state index contributed by atoms with van der Waals surface area (Å²) in [5, 5.41) is 48.7. The fourth-order valence-electron chi connectivity index (χ4n) is 16.0. The van der Waals surface area contributed by atoms with Gasteiger partial charge in [-0.15, -0.1) is 68.0 Å². The first kappa shape index (κ1) is 104. The quantitative estimate of drug-likeness (QED) is 0.0191. The topological polar surface area (TPSA) is 319 Å². The molecule has 11 aromatic heterocycles. The Morgan fingerprint density at radius 3 is 1.33 bits per heavy atom. The highest BCUT2D eigenvalue weighted by atomic mass is 79.9. The number of pyridine rings is 1. The number of aromatic nitrogens is 5. The molecule has 24 aromatic rings. The highest BCUT2D eigenvalue weighted by Gasteiger charge is 2.52. The number of nitro groups is 2. The Labute approximate surface area is 896 Å². The molecule has 0 spiro atoms. The fraction of sp³-hybridized carbons (Fsp3) is 0.0625. The van der Waals surface area contributed by atoms with Gasteiger partial charge in [0.05, 0.1) is 99.3 Å². The van der Waals surface area contributed by atoms with Gasteiger partial charge in [-0.2, -0.15) is 0 Å². The van der Waals surface area contributed by atoms with E-state index in [4.69, 9.17) is 47.4 Å². The Morgan fingerprint density at radius 1 is 0.407 bits per heavy atom. The zero-order valence-corrected chi connectivity index (χ0v) is 88.9. The van der Waals surface area contributed by atoms with Crippen LogP contribution >= 0.6 is 143 Å². The van der Waals surface area contributed by atoms with Crippen molar-refractivity contribution in [1.82, 2.24) is 24.9 Å². The summed E-state index contributed by atoms with van der Waals surface area (Å²) in [6.07, 6.45) is 0. The number of benzene rings is 13. The highest BCUT2D eigenvalue weighted by Crippen LogP contribution is 2.48. The third-order valence-corrected chi connectivity index (χ3v) is 33.0. The fourth-order valence-corrected chi connectivity index (χ4v) is 25.2. The van der Waals surface area contributed by atoms with Gasteiger partial charge in [-0.3, -0.25) is 29.8 Å². The second kappa shape index (κ2) is 47.2. The number of fused-ring (bicyclic) bond motifs is 16. The SMILES string of the molecule is Brc1cc2[nH]c3ccccc3c2s1.Brc1ccc(Br)s1.C.CC1(C)OB(c2ccccc2N)OC1(C)C.Nc1ccccc1-c1cc2[nH]c3ccccc3c2s1.O=C(Cl)c1ccccc1.O=C(Nc1ccccc1-c1cc2[nH]c3ccccc3c2s1)c1ccccc1.O=[N+]([O-])c1ccccc1-c1ccc(Br)s1.O=[N+]([O-])c1ccccc1B(O)O.c1ccc(-c2nc3ccccc3c3sc4c5ccccc5[nH]c4c23)cc1. The number of nitrogens with zero attached hydrogens (tertiary/aromatic N) is 3. The number of hydrogen-bond donors (Lipinski definition) is 9. The summed E-state index contributed by atoms with van der Waals surface area (Å²) in [5.74, 6) is -0.101. The average molecular weight is 2300 g/mol. The monoisotopic (exact) mass is 2300 g/mol.